The maximum Gasteiger partial charge on any atom is 0.227 e. The van der Waals surface area contributed by atoms with Crippen LogP contribution in [-0.4, -0.2) is 5.91 Å². The standard InChI is InChI=1S/C12H18N2O/c1-4-8(2)12(15)14-10-5-6-11(13)9(3)7-10/h5-8H,4,13H2,1-3H3,(H,14,15)/t8-/m0/s1. The second-order valence-electron chi connectivity index (χ2n) is 3.87. The number of benzene rings is 1. The molecule has 0 unspecified atom stereocenters. The zero-order valence-corrected chi connectivity index (χ0v) is 9.50. The topological polar surface area (TPSA) is 55.1 Å². The van der Waals surface area contributed by atoms with E-state index in [0.717, 1.165) is 23.4 Å². The smallest absolute Gasteiger partial charge is 0.227 e. The van der Waals surface area contributed by atoms with Gasteiger partial charge >= 0.3 is 0 Å². The van der Waals surface area contributed by atoms with Crippen molar-refractivity contribution in [1.82, 2.24) is 0 Å². The van der Waals surface area contributed by atoms with Crippen molar-refractivity contribution >= 4 is 17.3 Å². The lowest BCUT2D eigenvalue weighted by molar-refractivity contribution is -0.119. The molecular formula is C12H18N2O. The first-order valence-electron chi connectivity index (χ1n) is 5.21. The predicted octanol–water partition coefficient (Wildman–Crippen LogP) is 2.56. The van der Waals surface area contributed by atoms with Crippen molar-refractivity contribution in [3.8, 4) is 0 Å². The molecule has 82 valence electrons. The number of hydrogen-bond acceptors (Lipinski definition) is 2. The summed E-state index contributed by atoms with van der Waals surface area (Å²) in [7, 11) is 0. The van der Waals surface area contributed by atoms with Gasteiger partial charge < -0.3 is 11.1 Å². The Labute approximate surface area is 90.7 Å². The summed E-state index contributed by atoms with van der Waals surface area (Å²) in [6, 6.07) is 5.51. The van der Waals surface area contributed by atoms with Crippen molar-refractivity contribution in [3.63, 3.8) is 0 Å². The van der Waals surface area contributed by atoms with E-state index in [1.807, 2.05) is 39.0 Å². The van der Waals surface area contributed by atoms with Gasteiger partial charge in [0.1, 0.15) is 0 Å². The minimum atomic E-state index is 0.0443. The van der Waals surface area contributed by atoms with Crippen LogP contribution in [0.3, 0.4) is 0 Å². The van der Waals surface area contributed by atoms with Crippen LogP contribution in [0.5, 0.6) is 0 Å². The highest BCUT2D eigenvalue weighted by Gasteiger charge is 2.10. The number of nitrogens with two attached hydrogens (primary N) is 1. The number of aryl methyl sites for hydroxylation is 1. The molecule has 1 atom stereocenters. The highest BCUT2D eigenvalue weighted by molar-refractivity contribution is 5.92. The molecule has 0 radical (unpaired) electrons. The van der Waals surface area contributed by atoms with Crippen LogP contribution < -0.4 is 11.1 Å². The fourth-order valence-electron chi connectivity index (χ4n) is 1.20. The number of anilines is 2. The second kappa shape index (κ2) is 4.82. The Bertz CT molecular complexity index is 361. The van der Waals surface area contributed by atoms with Crippen molar-refractivity contribution in [1.29, 1.82) is 0 Å². The minimum Gasteiger partial charge on any atom is -0.399 e. The van der Waals surface area contributed by atoms with Crippen LogP contribution in [0.25, 0.3) is 0 Å². The lowest BCUT2D eigenvalue weighted by atomic mass is 10.1. The predicted molar refractivity (Wildman–Crippen MR) is 63.7 cm³/mol. The molecule has 3 heteroatoms. The molecule has 0 aromatic heterocycles. The first kappa shape index (κ1) is 11.6. The number of rotatable bonds is 3. The van der Waals surface area contributed by atoms with Gasteiger partial charge in [0, 0.05) is 17.3 Å². The molecule has 0 aliphatic rings. The Kier molecular flexibility index (Phi) is 3.72. The van der Waals surface area contributed by atoms with Crippen LogP contribution in [0.1, 0.15) is 25.8 Å². The van der Waals surface area contributed by atoms with Gasteiger partial charge in [0.15, 0.2) is 0 Å². The molecule has 0 aliphatic carbocycles. The third kappa shape index (κ3) is 2.98. The molecule has 1 rings (SSSR count). The second-order valence-corrected chi connectivity index (χ2v) is 3.87. The third-order valence-corrected chi connectivity index (χ3v) is 2.60. The van der Waals surface area contributed by atoms with Crippen molar-refractivity contribution in [2.45, 2.75) is 27.2 Å². The zero-order chi connectivity index (χ0) is 11.4. The molecular weight excluding hydrogens is 188 g/mol. The Balaban J connectivity index is 2.73. The molecule has 0 saturated heterocycles. The van der Waals surface area contributed by atoms with Crippen LogP contribution in [0, 0.1) is 12.8 Å². The normalized spacial score (nSPS) is 12.2. The van der Waals surface area contributed by atoms with Gasteiger partial charge in [-0.1, -0.05) is 13.8 Å². The Morgan fingerprint density at radius 3 is 2.73 bits per heavy atom. The van der Waals surface area contributed by atoms with Crippen LogP contribution in [-0.2, 0) is 4.79 Å². The maximum absolute atomic E-state index is 11.6. The molecule has 1 aromatic carbocycles. The largest absolute Gasteiger partial charge is 0.399 e. The molecule has 0 aliphatic heterocycles. The fraction of sp³-hybridized carbons (Fsp3) is 0.417. The van der Waals surface area contributed by atoms with E-state index in [9.17, 15) is 4.79 Å². The molecule has 0 spiro atoms. The van der Waals surface area contributed by atoms with Crippen LogP contribution in [0.15, 0.2) is 18.2 Å². The number of amides is 1. The fourth-order valence-corrected chi connectivity index (χ4v) is 1.20. The molecule has 1 amide bonds. The number of nitrogen functional groups attached to an aromatic ring is 1. The Morgan fingerprint density at radius 2 is 2.20 bits per heavy atom. The first-order chi connectivity index (χ1) is 7.04. The summed E-state index contributed by atoms with van der Waals surface area (Å²) in [5, 5.41) is 2.87. The SMILES string of the molecule is CC[C@H](C)C(=O)Nc1ccc(N)c(C)c1. The summed E-state index contributed by atoms with van der Waals surface area (Å²) in [5.74, 6) is 0.101. The van der Waals surface area contributed by atoms with E-state index in [1.165, 1.54) is 0 Å². The zero-order valence-electron chi connectivity index (χ0n) is 9.50. The highest BCUT2D eigenvalue weighted by Crippen LogP contribution is 2.17. The first-order valence-corrected chi connectivity index (χ1v) is 5.21. The number of carbonyl (C=O) groups is 1. The van der Waals surface area contributed by atoms with Gasteiger partial charge in [-0.25, -0.2) is 0 Å². The van der Waals surface area contributed by atoms with Crippen LogP contribution in [0.4, 0.5) is 11.4 Å². The van der Waals surface area contributed by atoms with E-state index in [-0.39, 0.29) is 11.8 Å². The van der Waals surface area contributed by atoms with Gasteiger partial charge in [0.25, 0.3) is 0 Å². The van der Waals surface area contributed by atoms with Gasteiger partial charge in [-0.2, -0.15) is 0 Å². The van der Waals surface area contributed by atoms with Crippen LogP contribution >= 0.6 is 0 Å². The monoisotopic (exact) mass is 206 g/mol. The van der Waals surface area contributed by atoms with Gasteiger partial charge in [-0.3, -0.25) is 4.79 Å². The van der Waals surface area contributed by atoms with E-state index < -0.39 is 0 Å². The molecule has 3 N–H and O–H groups in total. The molecule has 1 aromatic rings. The molecule has 3 nitrogen and oxygen atoms in total. The number of carbonyl (C=O) groups excluding carboxylic acids is 1. The van der Waals surface area contributed by atoms with E-state index in [2.05, 4.69) is 5.32 Å². The third-order valence-electron chi connectivity index (χ3n) is 2.60. The highest BCUT2D eigenvalue weighted by atomic mass is 16.1. The van der Waals surface area contributed by atoms with E-state index >= 15 is 0 Å². The minimum absolute atomic E-state index is 0.0443. The summed E-state index contributed by atoms with van der Waals surface area (Å²) in [4.78, 5) is 11.6. The van der Waals surface area contributed by atoms with Crippen molar-refractivity contribution in [2.75, 3.05) is 11.1 Å². The Morgan fingerprint density at radius 1 is 1.53 bits per heavy atom. The molecule has 0 heterocycles. The van der Waals surface area contributed by atoms with E-state index in [0.29, 0.717) is 0 Å². The summed E-state index contributed by atoms with van der Waals surface area (Å²) < 4.78 is 0. The van der Waals surface area contributed by atoms with Crippen molar-refractivity contribution in [2.24, 2.45) is 5.92 Å². The van der Waals surface area contributed by atoms with Gasteiger partial charge in [-0.05, 0) is 37.1 Å². The lowest BCUT2D eigenvalue weighted by Crippen LogP contribution is -2.19. The average molecular weight is 206 g/mol. The van der Waals surface area contributed by atoms with E-state index in [1.54, 1.807) is 0 Å². The van der Waals surface area contributed by atoms with Gasteiger partial charge in [0.05, 0.1) is 0 Å². The summed E-state index contributed by atoms with van der Waals surface area (Å²) in [5.41, 5.74) is 8.23. The average Bonchev–Trinajstić information content (AvgIpc) is 2.22. The van der Waals surface area contributed by atoms with Crippen LogP contribution in [0.2, 0.25) is 0 Å². The number of nitrogens with one attached hydrogen (secondary N) is 1. The van der Waals surface area contributed by atoms with Gasteiger partial charge in [-0.15, -0.1) is 0 Å². The summed E-state index contributed by atoms with van der Waals surface area (Å²) in [6.07, 6.45) is 0.847. The van der Waals surface area contributed by atoms with Crippen molar-refractivity contribution in [3.05, 3.63) is 23.8 Å². The molecule has 0 saturated carbocycles. The van der Waals surface area contributed by atoms with E-state index in [4.69, 9.17) is 5.73 Å². The molecule has 0 fully saturated rings. The van der Waals surface area contributed by atoms with Crippen molar-refractivity contribution < 1.29 is 4.79 Å². The summed E-state index contributed by atoms with van der Waals surface area (Å²) in [6.45, 7) is 5.84. The Hall–Kier alpha value is -1.51. The molecule has 0 bridgehead atoms. The number of hydrogen-bond donors (Lipinski definition) is 2. The quantitative estimate of drug-likeness (QED) is 0.747. The molecule has 15 heavy (non-hydrogen) atoms. The lowest BCUT2D eigenvalue weighted by Gasteiger charge is -2.11. The maximum atomic E-state index is 11.6. The van der Waals surface area contributed by atoms with Gasteiger partial charge in [0.2, 0.25) is 5.91 Å². The summed E-state index contributed by atoms with van der Waals surface area (Å²) >= 11 is 0.